The second-order valence-corrected chi connectivity index (χ2v) is 7.52. The zero-order valence-electron chi connectivity index (χ0n) is 13.7. The fraction of sp³-hybridized carbons (Fsp3) is 0.111. The van der Waals surface area contributed by atoms with Gasteiger partial charge < -0.3 is 0 Å². The van der Waals surface area contributed by atoms with Gasteiger partial charge in [-0.15, -0.1) is 11.3 Å². The Morgan fingerprint density at radius 2 is 1.85 bits per heavy atom. The number of halogens is 5. The Kier molecular flexibility index (Phi) is 4.20. The van der Waals surface area contributed by atoms with Gasteiger partial charge in [0.05, 0.1) is 31.6 Å². The first-order valence-electron chi connectivity index (χ1n) is 7.74. The minimum absolute atomic E-state index is 0.0255. The molecule has 0 atom stereocenters. The van der Waals surface area contributed by atoms with Crippen molar-refractivity contribution in [1.29, 1.82) is 0 Å². The van der Waals surface area contributed by atoms with Crippen molar-refractivity contribution in [2.24, 2.45) is 0 Å². The van der Waals surface area contributed by atoms with Crippen LogP contribution in [0, 0.1) is 12.7 Å². The third-order valence-electron chi connectivity index (χ3n) is 4.02. The van der Waals surface area contributed by atoms with Crippen LogP contribution in [-0.2, 0) is 6.18 Å². The normalized spacial score (nSPS) is 12.1. The Bertz CT molecular complexity index is 1160. The average molecular weight is 412 g/mol. The molecule has 1 aromatic carbocycles. The highest BCUT2D eigenvalue weighted by Gasteiger charge is 2.36. The van der Waals surface area contributed by atoms with Gasteiger partial charge in [0, 0.05) is 0 Å². The van der Waals surface area contributed by atoms with Gasteiger partial charge in [-0.1, -0.05) is 23.7 Å². The van der Waals surface area contributed by atoms with Crippen molar-refractivity contribution in [3.8, 4) is 16.3 Å². The number of aryl methyl sites for hydroxylation is 1. The standard InChI is InChI=1S/C18H10ClF4N3S/c1-9-16-10(18(21,22)23)8-12(14-6-7-15(19)27-14)24-17(16)26(25-9)13-5-3-2-4-11(13)20/h2-8H,1H3. The highest BCUT2D eigenvalue weighted by Crippen LogP contribution is 2.40. The van der Waals surface area contributed by atoms with E-state index >= 15 is 0 Å². The summed E-state index contributed by atoms with van der Waals surface area (Å²) in [5, 5.41) is 3.97. The lowest BCUT2D eigenvalue weighted by Crippen LogP contribution is -2.08. The molecule has 0 radical (unpaired) electrons. The van der Waals surface area contributed by atoms with Gasteiger partial charge in [0.2, 0.25) is 0 Å². The number of para-hydroxylation sites is 1. The average Bonchev–Trinajstić information content (AvgIpc) is 3.18. The quantitative estimate of drug-likeness (QED) is 0.364. The SMILES string of the molecule is Cc1nn(-c2ccccc2F)c2nc(-c3ccc(Cl)s3)cc(C(F)(F)F)c12. The fourth-order valence-corrected chi connectivity index (χ4v) is 3.89. The number of benzene rings is 1. The summed E-state index contributed by atoms with van der Waals surface area (Å²) in [4.78, 5) is 4.83. The van der Waals surface area contributed by atoms with Crippen LogP contribution in [0.2, 0.25) is 4.34 Å². The molecule has 0 saturated heterocycles. The maximum absolute atomic E-state index is 14.2. The van der Waals surface area contributed by atoms with Crippen LogP contribution in [0.3, 0.4) is 0 Å². The number of alkyl halides is 3. The zero-order chi connectivity index (χ0) is 19.3. The summed E-state index contributed by atoms with van der Waals surface area (Å²) < 4.78 is 57.0. The molecular formula is C18H10ClF4N3S. The molecule has 0 aliphatic carbocycles. The Balaban J connectivity index is 2.09. The van der Waals surface area contributed by atoms with Crippen molar-refractivity contribution in [1.82, 2.24) is 14.8 Å². The Hall–Kier alpha value is -2.45. The minimum atomic E-state index is -4.62. The summed E-state index contributed by atoms with van der Waals surface area (Å²) in [6.45, 7) is 1.44. The van der Waals surface area contributed by atoms with Crippen LogP contribution >= 0.6 is 22.9 Å². The van der Waals surface area contributed by atoms with E-state index < -0.39 is 17.6 Å². The number of hydrogen-bond donors (Lipinski definition) is 0. The van der Waals surface area contributed by atoms with Crippen LogP contribution < -0.4 is 0 Å². The molecule has 0 amide bonds. The molecular weight excluding hydrogens is 402 g/mol. The fourth-order valence-electron chi connectivity index (χ4n) is 2.88. The maximum atomic E-state index is 14.2. The van der Waals surface area contributed by atoms with Crippen LogP contribution in [0.5, 0.6) is 0 Å². The first-order valence-corrected chi connectivity index (χ1v) is 8.93. The summed E-state index contributed by atoms with van der Waals surface area (Å²) in [5.74, 6) is -0.609. The highest BCUT2D eigenvalue weighted by molar-refractivity contribution is 7.19. The molecule has 3 aromatic heterocycles. The molecule has 0 saturated carbocycles. The number of aromatic nitrogens is 3. The van der Waals surface area contributed by atoms with Gasteiger partial charge >= 0.3 is 6.18 Å². The largest absolute Gasteiger partial charge is 0.417 e. The van der Waals surface area contributed by atoms with Crippen molar-refractivity contribution in [2.45, 2.75) is 13.1 Å². The summed E-state index contributed by atoms with van der Waals surface area (Å²) >= 11 is 7.02. The lowest BCUT2D eigenvalue weighted by atomic mass is 10.1. The van der Waals surface area contributed by atoms with Gasteiger partial charge in [0.25, 0.3) is 0 Å². The number of fused-ring (bicyclic) bond motifs is 1. The van der Waals surface area contributed by atoms with Crippen LogP contribution in [0.15, 0.2) is 42.5 Å². The number of rotatable bonds is 2. The smallest absolute Gasteiger partial charge is 0.227 e. The lowest BCUT2D eigenvalue weighted by Gasteiger charge is -2.11. The van der Waals surface area contributed by atoms with E-state index in [1.807, 2.05) is 0 Å². The Morgan fingerprint density at radius 3 is 2.48 bits per heavy atom. The first kappa shape index (κ1) is 17.9. The van der Waals surface area contributed by atoms with E-state index in [0.717, 1.165) is 22.1 Å². The molecule has 0 bridgehead atoms. The van der Waals surface area contributed by atoms with E-state index in [1.54, 1.807) is 18.2 Å². The molecule has 27 heavy (non-hydrogen) atoms. The van der Waals surface area contributed by atoms with E-state index in [0.29, 0.717) is 9.21 Å². The Labute approximate surface area is 159 Å². The van der Waals surface area contributed by atoms with E-state index in [4.69, 9.17) is 11.6 Å². The molecule has 0 N–H and O–H groups in total. The number of pyridine rings is 1. The summed E-state index contributed by atoms with van der Waals surface area (Å²) in [6.07, 6.45) is -4.62. The first-order chi connectivity index (χ1) is 12.8. The lowest BCUT2D eigenvalue weighted by molar-refractivity contribution is -0.136. The zero-order valence-corrected chi connectivity index (χ0v) is 15.3. The monoisotopic (exact) mass is 411 g/mol. The third-order valence-corrected chi connectivity index (χ3v) is 5.28. The minimum Gasteiger partial charge on any atom is -0.227 e. The molecule has 4 rings (SSSR count). The van der Waals surface area contributed by atoms with Gasteiger partial charge in [-0.3, -0.25) is 0 Å². The molecule has 0 aliphatic rings. The van der Waals surface area contributed by atoms with Crippen LogP contribution in [0.1, 0.15) is 11.3 Å². The van der Waals surface area contributed by atoms with E-state index in [1.165, 1.54) is 25.1 Å². The molecule has 3 heterocycles. The van der Waals surface area contributed by atoms with Crippen molar-refractivity contribution < 1.29 is 17.6 Å². The van der Waals surface area contributed by atoms with Gasteiger partial charge in [0.1, 0.15) is 11.5 Å². The molecule has 0 aliphatic heterocycles. The number of hydrogen-bond acceptors (Lipinski definition) is 3. The molecule has 9 heteroatoms. The second kappa shape index (κ2) is 6.31. The summed E-state index contributed by atoms with van der Waals surface area (Å²) in [6, 6.07) is 9.87. The van der Waals surface area contributed by atoms with Crippen LogP contribution in [-0.4, -0.2) is 14.8 Å². The van der Waals surface area contributed by atoms with E-state index in [-0.39, 0.29) is 28.1 Å². The predicted octanol–water partition coefficient (Wildman–Crippen LogP) is 6.27. The maximum Gasteiger partial charge on any atom is 0.417 e. The topological polar surface area (TPSA) is 30.7 Å². The summed E-state index contributed by atoms with van der Waals surface area (Å²) in [7, 11) is 0. The molecule has 0 fully saturated rings. The summed E-state index contributed by atoms with van der Waals surface area (Å²) in [5.41, 5.74) is -0.690. The van der Waals surface area contributed by atoms with Crippen LogP contribution in [0.4, 0.5) is 17.6 Å². The van der Waals surface area contributed by atoms with Crippen molar-refractivity contribution in [2.75, 3.05) is 0 Å². The van der Waals surface area contributed by atoms with Gasteiger partial charge in [0.15, 0.2) is 5.65 Å². The van der Waals surface area contributed by atoms with Gasteiger partial charge in [-0.25, -0.2) is 14.1 Å². The molecule has 0 spiro atoms. The van der Waals surface area contributed by atoms with Crippen molar-refractivity contribution >= 4 is 34.0 Å². The van der Waals surface area contributed by atoms with Crippen molar-refractivity contribution in [3.63, 3.8) is 0 Å². The predicted molar refractivity (Wildman–Crippen MR) is 96.9 cm³/mol. The highest BCUT2D eigenvalue weighted by atomic mass is 35.5. The van der Waals surface area contributed by atoms with E-state index in [2.05, 4.69) is 10.1 Å². The van der Waals surface area contributed by atoms with Gasteiger partial charge in [-0.05, 0) is 37.3 Å². The van der Waals surface area contributed by atoms with Gasteiger partial charge in [-0.2, -0.15) is 18.3 Å². The molecule has 138 valence electrons. The molecule has 4 aromatic rings. The second-order valence-electron chi connectivity index (χ2n) is 5.80. The van der Waals surface area contributed by atoms with Crippen molar-refractivity contribution in [3.05, 3.63) is 63.9 Å². The number of thiophene rings is 1. The van der Waals surface area contributed by atoms with E-state index in [9.17, 15) is 17.6 Å². The Morgan fingerprint density at radius 1 is 1.11 bits per heavy atom. The third kappa shape index (κ3) is 3.08. The molecule has 0 unspecified atom stereocenters. The number of nitrogens with zero attached hydrogens (tertiary/aromatic N) is 3. The molecule has 3 nitrogen and oxygen atoms in total. The van der Waals surface area contributed by atoms with Crippen LogP contribution in [0.25, 0.3) is 27.3 Å².